The second-order valence-electron chi connectivity index (χ2n) is 13.2. The number of nitrogens with one attached hydrogen (secondary N) is 6. The highest BCUT2D eigenvalue weighted by Crippen LogP contribution is 2.44. The summed E-state index contributed by atoms with van der Waals surface area (Å²) >= 11 is 0.936. The Morgan fingerprint density at radius 2 is 1.58 bits per heavy atom. The third-order valence-corrected chi connectivity index (χ3v) is 11.8. The molecule has 6 aliphatic rings. The Balaban J connectivity index is 1.14. The van der Waals surface area contributed by atoms with Gasteiger partial charge in [-0.1, -0.05) is 6.92 Å². The average Bonchev–Trinajstić information content (AvgIpc) is 3.68. The van der Waals surface area contributed by atoms with Crippen LogP contribution in [0.3, 0.4) is 0 Å². The lowest BCUT2D eigenvalue weighted by Gasteiger charge is -2.48. The Labute approximate surface area is 252 Å². The molecular formula is C27H44F6N8OS. The van der Waals surface area contributed by atoms with E-state index in [1.807, 2.05) is 6.92 Å². The second-order valence-corrected chi connectivity index (χ2v) is 14.7. The van der Waals surface area contributed by atoms with E-state index >= 15 is 0 Å². The zero-order valence-electron chi connectivity index (χ0n) is 24.5. The monoisotopic (exact) mass is 642 g/mol. The van der Waals surface area contributed by atoms with Gasteiger partial charge < -0.3 is 19.9 Å². The minimum atomic E-state index is -4.45. The van der Waals surface area contributed by atoms with Crippen LogP contribution in [0.25, 0.3) is 0 Å². The SMILES string of the molecule is COC1NCNC(C2CC2)C1C1NCC2C(N1)N(CC1CCC(C3NC(C(F)(F)F)SC3C)CC1)C(=N)N2CC(F)(F)F. The molecule has 0 amide bonds. The van der Waals surface area contributed by atoms with Crippen molar-refractivity contribution >= 4 is 17.7 Å². The number of guanidine groups is 1. The highest BCUT2D eigenvalue weighted by atomic mass is 32.2. The third-order valence-electron chi connectivity index (χ3n) is 10.4. The Hall–Kier alpha value is -1.04. The van der Waals surface area contributed by atoms with Crippen molar-refractivity contribution in [1.29, 1.82) is 5.41 Å². The molecule has 0 aromatic heterocycles. The van der Waals surface area contributed by atoms with Gasteiger partial charge in [0, 0.05) is 50.1 Å². The summed E-state index contributed by atoms with van der Waals surface area (Å²) in [7, 11) is 1.66. The number of fused-ring (bicyclic) bond motifs is 1. The fraction of sp³-hybridized carbons (Fsp3) is 0.963. The van der Waals surface area contributed by atoms with E-state index in [1.54, 1.807) is 12.0 Å². The van der Waals surface area contributed by atoms with Crippen molar-refractivity contribution in [3.63, 3.8) is 0 Å². The molecule has 0 aromatic rings. The molecule has 6 fully saturated rings. The Morgan fingerprint density at radius 1 is 0.907 bits per heavy atom. The summed E-state index contributed by atoms with van der Waals surface area (Å²) < 4.78 is 86.7. The van der Waals surface area contributed by atoms with Crippen molar-refractivity contribution in [2.24, 2.45) is 23.7 Å². The summed E-state index contributed by atoms with van der Waals surface area (Å²) in [5.74, 6) is 0.667. The molecule has 9 nitrogen and oxygen atoms in total. The van der Waals surface area contributed by atoms with Crippen LogP contribution in [0, 0.1) is 29.1 Å². The zero-order valence-corrected chi connectivity index (χ0v) is 25.3. The topological polar surface area (TPSA) is 99.7 Å². The van der Waals surface area contributed by atoms with Gasteiger partial charge in [-0.05, 0) is 56.3 Å². The molecule has 2 aliphatic carbocycles. The van der Waals surface area contributed by atoms with Crippen LogP contribution < -0.4 is 26.6 Å². The number of methoxy groups -OCH3 is 1. The van der Waals surface area contributed by atoms with Gasteiger partial charge in [0.1, 0.15) is 18.9 Å². The van der Waals surface area contributed by atoms with E-state index in [9.17, 15) is 26.3 Å². The van der Waals surface area contributed by atoms with Crippen LogP contribution in [-0.2, 0) is 4.74 Å². The standard InChI is InChI=1S/C27H44F6N8OS/c1-13-19(38-24(43-13)27(31,32)33)15-5-3-14(4-6-15)10-40-22-17(41(25(40)34)11-26(28,29)30)9-35-21(39-22)18-20(16-7-8-16)36-12-37-23(18)42-2/h13-24,34-39H,3-12H2,1-2H3. The number of nitrogens with zero attached hydrogens (tertiary/aromatic N) is 2. The quantitative estimate of drug-likeness (QED) is 0.234. The number of alkyl halides is 6. The molecule has 9 unspecified atom stereocenters. The molecule has 9 atom stereocenters. The van der Waals surface area contributed by atoms with E-state index in [0.717, 1.165) is 55.2 Å². The maximum Gasteiger partial charge on any atom is 0.413 e. The highest BCUT2D eigenvalue weighted by Gasteiger charge is 2.54. The predicted molar refractivity (Wildman–Crippen MR) is 151 cm³/mol. The molecule has 16 heteroatoms. The lowest BCUT2D eigenvalue weighted by molar-refractivity contribution is -0.141. The number of hydrogen-bond donors (Lipinski definition) is 6. The second kappa shape index (κ2) is 12.3. The first kappa shape index (κ1) is 31.9. The summed E-state index contributed by atoms with van der Waals surface area (Å²) in [4.78, 5) is 2.97. The summed E-state index contributed by atoms with van der Waals surface area (Å²) in [6, 6.07) is -0.580. The molecule has 4 aliphatic heterocycles. The maximum atomic E-state index is 13.7. The molecule has 4 saturated heterocycles. The molecule has 0 spiro atoms. The fourth-order valence-electron chi connectivity index (χ4n) is 8.22. The van der Waals surface area contributed by atoms with Gasteiger partial charge in [-0.15, -0.1) is 11.8 Å². The average molecular weight is 643 g/mol. The van der Waals surface area contributed by atoms with E-state index in [1.165, 1.54) is 0 Å². The van der Waals surface area contributed by atoms with Crippen molar-refractivity contribution in [2.45, 2.75) is 105 Å². The van der Waals surface area contributed by atoms with Gasteiger partial charge in [0.05, 0.1) is 12.2 Å². The van der Waals surface area contributed by atoms with E-state index in [4.69, 9.17) is 10.1 Å². The van der Waals surface area contributed by atoms with Crippen LogP contribution in [-0.4, -0.2) is 109 Å². The molecule has 4 heterocycles. The third kappa shape index (κ3) is 6.75. The van der Waals surface area contributed by atoms with Crippen molar-refractivity contribution in [1.82, 2.24) is 36.4 Å². The molecule has 43 heavy (non-hydrogen) atoms. The minimum Gasteiger partial charge on any atom is -0.366 e. The Bertz CT molecular complexity index is 996. The molecule has 2 saturated carbocycles. The Morgan fingerprint density at radius 3 is 2.19 bits per heavy atom. The molecule has 0 radical (unpaired) electrons. The predicted octanol–water partition coefficient (Wildman–Crippen LogP) is 2.62. The van der Waals surface area contributed by atoms with Crippen LogP contribution in [0.5, 0.6) is 0 Å². The van der Waals surface area contributed by atoms with E-state index in [0.29, 0.717) is 25.7 Å². The molecule has 6 rings (SSSR count). The van der Waals surface area contributed by atoms with Crippen LogP contribution in [0.15, 0.2) is 0 Å². The highest BCUT2D eigenvalue weighted by molar-refractivity contribution is 8.00. The molecule has 0 aromatic carbocycles. The van der Waals surface area contributed by atoms with Gasteiger partial charge in [0.15, 0.2) is 11.3 Å². The first-order valence-electron chi connectivity index (χ1n) is 15.5. The smallest absolute Gasteiger partial charge is 0.366 e. The van der Waals surface area contributed by atoms with Gasteiger partial charge in [-0.2, -0.15) is 26.3 Å². The molecule has 246 valence electrons. The van der Waals surface area contributed by atoms with E-state index in [2.05, 4.69) is 26.6 Å². The number of hydrogen-bond acceptors (Lipinski definition) is 8. The first-order chi connectivity index (χ1) is 20.3. The van der Waals surface area contributed by atoms with Crippen molar-refractivity contribution in [3.05, 3.63) is 0 Å². The van der Waals surface area contributed by atoms with E-state index < -0.39 is 36.5 Å². The first-order valence-corrected chi connectivity index (χ1v) is 16.4. The molecule has 0 bridgehead atoms. The summed E-state index contributed by atoms with van der Waals surface area (Å²) in [6.45, 7) is 2.02. The Kier molecular flexibility index (Phi) is 9.12. The maximum absolute atomic E-state index is 13.7. The van der Waals surface area contributed by atoms with Crippen molar-refractivity contribution in [2.75, 3.05) is 33.4 Å². The zero-order chi connectivity index (χ0) is 30.7. The lowest BCUT2D eigenvalue weighted by Crippen LogP contribution is -2.73. The number of ether oxygens (including phenoxy) is 1. The number of halogens is 6. The van der Waals surface area contributed by atoms with Crippen molar-refractivity contribution in [3.8, 4) is 0 Å². The van der Waals surface area contributed by atoms with Gasteiger partial charge >= 0.3 is 12.4 Å². The van der Waals surface area contributed by atoms with Gasteiger partial charge in [-0.25, -0.2) is 0 Å². The largest absolute Gasteiger partial charge is 0.413 e. The van der Waals surface area contributed by atoms with Gasteiger partial charge in [-0.3, -0.25) is 26.7 Å². The van der Waals surface area contributed by atoms with Crippen LogP contribution in [0.2, 0.25) is 0 Å². The summed E-state index contributed by atoms with van der Waals surface area (Å²) in [5, 5.41) is 24.0. The van der Waals surface area contributed by atoms with Gasteiger partial charge in [0.25, 0.3) is 0 Å². The summed E-state index contributed by atoms with van der Waals surface area (Å²) in [6.07, 6.45) is -4.35. The molecule has 6 N–H and O–H groups in total. The minimum absolute atomic E-state index is 0.00497. The van der Waals surface area contributed by atoms with Crippen LogP contribution in [0.4, 0.5) is 26.3 Å². The van der Waals surface area contributed by atoms with Crippen LogP contribution >= 0.6 is 11.8 Å². The molecular weight excluding hydrogens is 598 g/mol. The van der Waals surface area contributed by atoms with Crippen molar-refractivity contribution < 1.29 is 31.1 Å². The number of rotatable bonds is 7. The van der Waals surface area contributed by atoms with Gasteiger partial charge in [0.2, 0.25) is 0 Å². The number of thioether (sulfide) groups is 1. The fourth-order valence-corrected chi connectivity index (χ4v) is 9.51. The van der Waals surface area contributed by atoms with E-state index in [-0.39, 0.29) is 53.4 Å². The normalized spacial score (nSPS) is 42.9. The summed E-state index contributed by atoms with van der Waals surface area (Å²) in [5.41, 5.74) is 0. The lowest BCUT2D eigenvalue weighted by atomic mass is 9.77. The van der Waals surface area contributed by atoms with Crippen LogP contribution in [0.1, 0.15) is 45.4 Å².